The molecule has 0 spiro atoms. The van der Waals surface area contributed by atoms with Gasteiger partial charge in [-0.1, -0.05) is 6.92 Å². The van der Waals surface area contributed by atoms with Gasteiger partial charge in [-0.05, 0) is 24.8 Å². The first-order valence-electron chi connectivity index (χ1n) is 4.45. The lowest BCUT2D eigenvalue weighted by atomic mass is 10.4. The van der Waals surface area contributed by atoms with Gasteiger partial charge in [0.1, 0.15) is 5.82 Å². The van der Waals surface area contributed by atoms with Gasteiger partial charge in [0.25, 0.3) is 0 Å². The maximum atomic E-state index is 3.96. The average molecular weight is 197 g/mol. The van der Waals surface area contributed by atoms with Crippen molar-refractivity contribution in [1.82, 2.24) is 10.2 Å². The van der Waals surface area contributed by atoms with Crippen molar-refractivity contribution >= 4 is 17.6 Å². The van der Waals surface area contributed by atoms with E-state index in [0.717, 1.165) is 17.3 Å². The minimum absolute atomic E-state index is 0.446. The van der Waals surface area contributed by atoms with E-state index >= 15 is 0 Å². The third kappa shape index (κ3) is 4.12. The zero-order valence-electron chi connectivity index (χ0n) is 8.03. The number of nitrogens with zero attached hydrogens (tertiary/aromatic N) is 2. The molecule has 0 saturated heterocycles. The second-order valence-electron chi connectivity index (χ2n) is 2.81. The number of thioether (sulfide) groups is 1. The summed E-state index contributed by atoms with van der Waals surface area (Å²) in [6, 6.07) is 4.26. The molecule has 0 saturated carbocycles. The molecule has 1 unspecified atom stereocenters. The van der Waals surface area contributed by atoms with E-state index in [4.69, 9.17) is 0 Å². The maximum Gasteiger partial charge on any atom is 0.148 e. The van der Waals surface area contributed by atoms with Crippen LogP contribution < -0.4 is 5.32 Å². The summed E-state index contributed by atoms with van der Waals surface area (Å²) in [7, 11) is 0. The number of hydrogen-bond donors (Lipinski definition) is 1. The predicted molar refractivity (Wildman–Crippen MR) is 58.1 cm³/mol. The van der Waals surface area contributed by atoms with Crippen molar-refractivity contribution in [3.8, 4) is 0 Å². The topological polar surface area (TPSA) is 37.8 Å². The summed E-state index contributed by atoms with van der Waals surface area (Å²) in [6.07, 6.45) is 1.68. The number of rotatable bonds is 5. The van der Waals surface area contributed by atoms with E-state index in [-0.39, 0.29) is 0 Å². The molecule has 1 aromatic rings. The van der Waals surface area contributed by atoms with E-state index < -0.39 is 0 Å². The molecule has 1 rings (SSSR count). The van der Waals surface area contributed by atoms with Crippen molar-refractivity contribution in [3.63, 3.8) is 0 Å². The average Bonchev–Trinajstić information content (AvgIpc) is 2.16. The lowest BCUT2D eigenvalue weighted by Gasteiger charge is -2.12. The van der Waals surface area contributed by atoms with Gasteiger partial charge in [0.05, 0.1) is 0 Å². The second kappa shape index (κ2) is 5.80. The summed E-state index contributed by atoms with van der Waals surface area (Å²) < 4.78 is 0. The number of hydrogen-bond acceptors (Lipinski definition) is 4. The number of anilines is 1. The minimum Gasteiger partial charge on any atom is -0.365 e. The van der Waals surface area contributed by atoms with E-state index in [1.165, 1.54) is 0 Å². The van der Waals surface area contributed by atoms with Crippen LogP contribution in [0.15, 0.2) is 18.3 Å². The van der Waals surface area contributed by atoms with Crippen molar-refractivity contribution in [1.29, 1.82) is 0 Å². The summed E-state index contributed by atoms with van der Waals surface area (Å²) in [5.74, 6) is 3.12. The highest BCUT2D eigenvalue weighted by Crippen LogP contribution is 2.06. The zero-order valence-corrected chi connectivity index (χ0v) is 8.84. The molecule has 0 radical (unpaired) electrons. The van der Waals surface area contributed by atoms with Crippen LogP contribution in [0.1, 0.15) is 13.8 Å². The van der Waals surface area contributed by atoms with Crippen LogP contribution in [0.5, 0.6) is 0 Å². The van der Waals surface area contributed by atoms with Crippen LogP contribution in [0.25, 0.3) is 0 Å². The molecule has 0 aliphatic rings. The molecule has 1 atom stereocenters. The molecule has 0 bridgehead atoms. The summed E-state index contributed by atoms with van der Waals surface area (Å²) in [6.45, 7) is 4.32. The van der Waals surface area contributed by atoms with Crippen molar-refractivity contribution in [2.24, 2.45) is 0 Å². The van der Waals surface area contributed by atoms with Gasteiger partial charge in [-0.2, -0.15) is 16.9 Å². The molecule has 72 valence electrons. The van der Waals surface area contributed by atoms with Crippen LogP contribution in [0.2, 0.25) is 0 Å². The van der Waals surface area contributed by atoms with Gasteiger partial charge in [-0.15, -0.1) is 5.10 Å². The molecule has 0 aliphatic carbocycles. The number of nitrogens with one attached hydrogen (secondary N) is 1. The Labute approximate surface area is 83.3 Å². The van der Waals surface area contributed by atoms with Gasteiger partial charge < -0.3 is 5.32 Å². The normalized spacial score (nSPS) is 12.5. The molecule has 0 fully saturated rings. The van der Waals surface area contributed by atoms with Crippen LogP contribution in [-0.2, 0) is 0 Å². The molecule has 0 aromatic carbocycles. The molecular weight excluding hydrogens is 182 g/mol. The Hall–Kier alpha value is -0.770. The molecule has 0 amide bonds. The lowest BCUT2D eigenvalue weighted by Crippen LogP contribution is -2.18. The lowest BCUT2D eigenvalue weighted by molar-refractivity contribution is 0.884. The molecule has 1 aromatic heterocycles. The molecule has 13 heavy (non-hydrogen) atoms. The largest absolute Gasteiger partial charge is 0.365 e. The fourth-order valence-corrected chi connectivity index (χ4v) is 1.64. The van der Waals surface area contributed by atoms with Crippen LogP contribution in [0.4, 0.5) is 5.82 Å². The van der Waals surface area contributed by atoms with Gasteiger partial charge >= 0.3 is 0 Å². The van der Waals surface area contributed by atoms with Gasteiger partial charge in [-0.3, -0.25) is 0 Å². The highest BCUT2D eigenvalue weighted by atomic mass is 32.2. The third-order valence-electron chi connectivity index (χ3n) is 1.54. The summed E-state index contributed by atoms with van der Waals surface area (Å²) in [5.41, 5.74) is 0. The standard InChI is InChI=1S/C9H15N3S/c1-3-13-7-8(2)11-9-5-4-6-10-12-9/h4-6,8H,3,7H2,1-2H3,(H,11,12). The van der Waals surface area contributed by atoms with Gasteiger partial charge in [0.2, 0.25) is 0 Å². The maximum absolute atomic E-state index is 3.96. The van der Waals surface area contributed by atoms with Crippen LogP contribution >= 0.6 is 11.8 Å². The SMILES string of the molecule is CCSCC(C)Nc1cccnn1. The van der Waals surface area contributed by atoms with Crippen LogP contribution in [0.3, 0.4) is 0 Å². The summed E-state index contributed by atoms with van der Waals surface area (Å²) in [5, 5.41) is 11.0. The summed E-state index contributed by atoms with van der Waals surface area (Å²) >= 11 is 1.92. The Bertz CT molecular complexity index is 228. The van der Waals surface area contributed by atoms with E-state index in [1.54, 1.807) is 6.20 Å². The Morgan fingerprint density at radius 1 is 1.62 bits per heavy atom. The van der Waals surface area contributed by atoms with Gasteiger partial charge in [-0.25, -0.2) is 0 Å². The van der Waals surface area contributed by atoms with E-state index in [0.29, 0.717) is 6.04 Å². The van der Waals surface area contributed by atoms with Crippen molar-refractivity contribution in [3.05, 3.63) is 18.3 Å². The quantitative estimate of drug-likeness (QED) is 0.783. The van der Waals surface area contributed by atoms with Crippen molar-refractivity contribution < 1.29 is 0 Å². The Morgan fingerprint density at radius 2 is 2.46 bits per heavy atom. The Kier molecular flexibility index (Phi) is 4.60. The first-order chi connectivity index (χ1) is 6.33. The van der Waals surface area contributed by atoms with Crippen molar-refractivity contribution in [2.45, 2.75) is 19.9 Å². The van der Waals surface area contributed by atoms with Gasteiger partial charge in [0, 0.05) is 18.0 Å². The highest BCUT2D eigenvalue weighted by molar-refractivity contribution is 7.99. The second-order valence-corrected chi connectivity index (χ2v) is 4.13. The minimum atomic E-state index is 0.446. The first-order valence-corrected chi connectivity index (χ1v) is 5.60. The van der Waals surface area contributed by atoms with Crippen LogP contribution in [-0.4, -0.2) is 27.7 Å². The third-order valence-corrected chi connectivity index (χ3v) is 2.68. The Morgan fingerprint density at radius 3 is 3.08 bits per heavy atom. The molecular formula is C9H15N3S. The fourth-order valence-electron chi connectivity index (χ4n) is 0.967. The monoisotopic (exact) mass is 197 g/mol. The van der Waals surface area contributed by atoms with Crippen molar-refractivity contribution in [2.75, 3.05) is 16.8 Å². The van der Waals surface area contributed by atoms with E-state index in [9.17, 15) is 0 Å². The first kappa shape index (κ1) is 10.3. The van der Waals surface area contributed by atoms with E-state index in [2.05, 4.69) is 29.4 Å². The predicted octanol–water partition coefficient (Wildman–Crippen LogP) is 2.03. The van der Waals surface area contributed by atoms with Crippen LogP contribution in [0, 0.1) is 0 Å². The van der Waals surface area contributed by atoms with Gasteiger partial charge in [0.15, 0.2) is 0 Å². The molecule has 3 nitrogen and oxygen atoms in total. The zero-order chi connectivity index (χ0) is 9.52. The van der Waals surface area contributed by atoms with E-state index in [1.807, 2.05) is 23.9 Å². The fraction of sp³-hybridized carbons (Fsp3) is 0.556. The molecule has 1 heterocycles. The highest BCUT2D eigenvalue weighted by Gasteiger charge is 2.01. The molecule has 1 N–H and O–H groups in total. The summed E-state index contributed by atoms with van der Waals surface area (Å²) in [4.78, 5) is 0. The Balaban J connectivity index is 2.32. The molecule has 4 heteroatoms. The molecule has 0 aliphatic heterocycles. The number of aromatic nitrogens is 2. The smallest absolute Gasteiger partial charge is 0.148 e.